The van der Waals surface area contributed by atoms with E-state index in [4.69, 9.17) is 0 Å². The Labute approximate surface area is 111 Å². The summed E-state index contributed by atoms with van der Waals surface area (Å²) in [7, 11) is 0. The molecule has 0 bridgehead atoms. The van der Waals surface area contributed by atoms with Crippen molar-refractivity contribution < 1.29 is 4.79 Å². The number of ketones is 1. The highest BCUT2D eigenvalue weighted by atomic mass is 32.1. The van der Waals surface area contributed by atoms with E-state index in [-0.39, 0.29) is 0 Å². The first kappa shape index (κ1) is 11.8. The van der Waals surface area contributed by atoms with Crippen molar-refractivity contribution in [3.63, 3.8) is 0 Å². The second-order valence-electron chi connectivity index (χ2n) is 5.15. The molecule has 1 aliphatic rings. The zero-order valence-electron chi connectivity index (χ0n) is 10.4. The molecule has 2 nitrogen and oxygen atoms in total. The molecule has 1 aromatic heterocycles. The molecule has 3 rings (SSSR count). The van der Waals surface area contributed by atoms with Crippen molar-refractivity contribution in [1.82, 2.24) is 4.98 Å². The third-order valence-electron chi connectivity index (χ3n) is 3.68. The molecule has 2 aromatic rings. The van der Waals surface area contributed by atoms with Crippen molar-refractivity contribution in [2.45, 2.75) is 38.5 Å². The van der Waals surface area contributed by atoms with Gasteiger partial charge in [-0.15, -0.1) is 11.3 Å². The smallest absolute Gasteiger partial charge is 0.139 e. The van der Waals surface area contributed by atoms with Gasteiger partial charge in [-0.1, -0.05) is 37.8 Å². The molecule has 1 aliphatic carbocycles. The highest BCUT2D eigenvalue weighted by Crippen LogP contribution is 2.29. The molecule has 1 heterocycles. The largest absolute Gasteiger partial charge is 0.299 e. The normalized spacial score (nSPS) is 16.4. The van der Waals surface area contributed by atoms with Gasteiger partial charge in [0.2, 0.25) is 0 Å². The van der Waals surface area contributed by atoms with Gasteiger partial charge in [-0.3, -0.25) is 4.79 Å². The number of hydrogen-bond donors (Lipinski definition) is 0. The lowest BCUT2D eigenvalue weighted by Crippen LogP contribution is -2.08. The zero-order valence-corrected chi connectivity index (χ0v) is 11.2. The van der Waals surface area contributed by atoms with E-state index in [2.05, 4.69) is 11.1 Å². The van der Waals surface area contributed by atoms with E-state index in [1.807, 2.05) is 18.2 Å². The number of aromatic nitrogens is 1. The molecule has 0 unspecified atom stereocenters. The van der Waals surface area contributed by atoms with Crippen molar-refractivity contribution in [2.75, 3.05) is 0 Å². The summed E-state index contributed by atoms with van der Waals surface area (Å²) in [5.41, 5.74) is 1.02. The number of nitrogens with zero attached hydrogens (tertiary/aromatic N) is 1. The number of para-hydroxylation sites is 1. The van der Waals surface area contributed by atoms with Crippen LogP contribution in [0.3, 0.4) is 0 Å². The number of hydrogen-bond acceptors (Lipinski definition) is 3. The summed E-state index contributed by atoms with van der Waals surface area (Å²) >= 11 is 1.65. The minimum Gasteiger partial charge on any atom is -0.299 e. The van der Waals surface area contributed by atoms with Gasteiger partial charge in [0.05, 0.1) is 16.6 Å². The van der Waals surface area contributed by atoms with Crippen molar-refractivity contribution in [1.29, 1.82) is 0 Å². The summed E-state index contributed by atoms with van der Waals surface area (Å²) in [5, 5.41) is 0.971. The van der Waals surface area contributed by atoms with Crippen LogP contribution in [0.5, 0.6) is 0 Å². The molecule has 1 aromatic carbocycles. The van der Waals surface area contributed by atoms with Crippen LogP contribution < -0.4 is 0 Å². The van der Waals surface area contributed by atoms with E-state index in [0.29, 0.717) is 18.1 Å². The first-order valence-corrected chi connectivity index (χ1v) is 7.49. The molecular weight excluding hydrogens is 242 g/mol. The fourth-order valence-corrected chi connectivity index (χ4v) is 3.77. The number of rotatable bonds is 4. The van der Waals surface area contributed by atoms with Crippen LogP contribution in [0.25, 0.3) is 10.2 Å². The molecule has 0 saturated heterocycles. The highest BCUT2D eigenvalue weighted by Gasteiger charge is 2.19. The Balaban J connectivity index is 1.66. The first-order valence-electron chi connectivity index (χ1n) is 6.67. The van der Waals surface area contributed by atoms with Crippen molar-refractivity contribution in [3.8, 4) is 0 Å². The maximum atomic E-state index is 12.0. The quantitative estimate of drug-likeness (QED) is 0.831. The topological polar surface area (TPSA) is 30.0 Å². The molecule has 0 amide bonds. The van der Waals surface area contributed by atoms with Crippen LogP contribution in [0.4, 0.5) is 0 Å². The maximum absolute atomic E-state index is 12.0. The van der Waals surface area contributed by atoms with Gasteiger partial charge in [0, 0.05) is 6.42 Å². The van der Waals surface area contributed by atoms with Gasteiger partial charge in [0.1, 0.15) is 10.8 Å². The average Bonchev–Trinajstić information content (AvgIpc) is 2.96. The van der Waals surface area contributed by atoms with E-state index >= 15 is 0 Å². The van der Waals surface area contributed by atoms with E-state index in [9.17, 15) is 4.79 Å². The van der Waals surface area contributed by atoms with E-state index in [1.54, 1.807) is 11.3 Å². The second-order valence-corrected chi connectivity index (χ2v) is 6.26. The Kier molecular flexibility index (Phi) is 3.41. The number of fused-ring (bicyclic) bond motifs is 1. The summed E-state index contributed by atoms with van der Waals surface area (Å²) in [6.45, 7) is 0. The number of thiazole rings is 1. The van der Waals surface area contributed by atoms with Crippen LogP contribution >= 0.6 is 11.3 Å². The van der Waals surface area contributed by atoms with Gasteiger partial charge in [-0.05, 0) is 18.1 Å². The average molecular weight is 259 g/mol. The van der Waals surface area contributed by atoms with Crippen LogP contribution in [-0.4, -0.2) is 10.8 Å². The lowest BCUT2D eigenvalue weighted by atomic mass is 10.00. The summed E-state index contributed by atoms with van der Waals surface area (Å²) in [5.74, 6) is 1.01. The molecule has 18 heavy (non-hydrogen) atoms. The number of carbonyl (C=O) groups excluding carboxylic acids is 1. The van der Waals surface area contributed by atoms with Gasteiger partial charge < -0.3 is 0 Å². The molecule has 94 valence electrons. The molecule has 1 fully saturated rings. The summed E-state index contributed by atoms with van der Waals surface area (Å²) in [4.78, 5) is 16.5. The van der Waals surface area contributed by atoms with Gasteiger partial charge in [-0.2, -0.15) is 0 Å². The number of benzene rings is 1. The summed E-state index contributed by atoms with van der Waals surface area (Å²) < 4.78 is 1.18. The number of Topliss-reactive ketones (excluding diaryl/α,β-unsaturated/α-hetero) is 1. The van der Waals surface area contributed by atoms with Gasteiger partial charge in [0.25, 0.3) is 0 Å². The molecule has 0 spiro atoms. The Morgan fingerprint density at radius 1 is 1.28 bits per heavy atom. The first-order chi connectivity index (χ1) is 8.81. The second kappa shape index (κ2) is 5.19. The molecular formula is C15H17NOS. The molecule has 0 atom stereocenters. The van der Waals surface area contributed by atoms with Gasteiger partial charge in [0.15, 0.2) is 0 Å². The highest BCUT2D eigenvalue weighted by molar-refractivity contribution is 7.18. The summed E-state index contributed by atoms with van der Waals surface area (Å²) in [6, 6.07) is 8.09. The molecule has 0 aliphatic heterocycles. The predicted molar refractivity (Wildman–Crippen MR) is 74.9 cm³/mol. The van der Waals surface area contributed by atoms with Crippen LogP contribution in [0.1, 0.15) is 37.1 Å². The summed E-state index contributed by atoms with van der Waals surface area (Å²) in [6.07, 6.45) is 6.38. The van der Waals surface area contributed by atoms with Crippen LogP contribution in [-0.2, 0) is 11.2 Å². The molecule has 0 radical (unpaired) electrons. The van der Waals surface area contributed by atoms with Crippen molar-refractivity contribution in [2.24, 2.45) is 5.92 Å². The van der Waals surface area contributed by atoms with Crippen LogP contribution in [0, 0.1) is 5.92 Å². The minimum absolute atomic E-state index is 0.362. The van der Waals surface area contributed by atoms with Crippen molar-refractivity contribution in [3.05, 3.63) is 29.3 Å². The molecule has 0 N–H and O–H groups in total. The van der Waals surface area contributed by atoms with E-state index in [1.165, 1.54) is 30.4 Å². The van der Waals surface area contributed by atoms with Gasteiger partial charge in [-0.25, -0.2) is 4.98 Å². The van der Waals surface area contributed by atoms with E-state index < -0.39 is 0 Å². The minimum atomic E-state index is 0.362. The maximum Gasteiger partial charge on any atom is 0.139 e. The Morgan fingerprint density at radius 3 is 2.83 bits per heavy atom. The monoisotopic (exact) mass is 259 g/mol. The van der Waals surface area contributed by atoms with Crippen LogP contribution in [0.15, 0.2) is 24.3 Å². The van der Waals surface area contributed by atoms with Gasteiger partial charge >= 0.3 is 0 Å². The molecule has 3 heteroatoms. The van der Waals surface area contributed by atoms with Crippen molar-refractivity contribution >= 4 is 27.3 Å². The van der Waals surface area contributed by atoms with E-state index in [0.717, 1.165) is 16.9 Å². The fraction of sp³-hybridized carbons (Fsp3) is 0.467. The lowest BCUT2D eigenvalue weighted by molar-refractivity contribution is -0.119. The fourth-order valence-electron chi connectivity index (χ4n) is 2.77. The Bertz CT molecular complexity index is 521. The lowest BCUT2D eigenvalue weighted by Gasteiger charge is -2.05. The SMILES string of the molecule is O=C(Cc1nc2ccccc2s1)CC1CCCC1. The third kappa shape index (κ3) is 2.61. The number of carbonyl (C=O) groups is 1. The van der Waals surface area contributed by atoms with Crippen LogP contribution in [0.2, 0.25) is 0 Å². The zero-order chi connectivity index (χ0) is 12.4. The Hall–Kier alpha value is -1.22. The molecule has 1 saturated carbocycles. The standard InChI is InChI=1S/C15H17NOS/c17-12(9-11-5-1-2-6-11)10-15-16-13-7-3-4-8-14(13)18-15/h3-4,7-8,11H,1-2,5-6,9-10H2. The Morgan fingerprint density at radius 2 is 2.06 bits per heavy atom. The third-order valence-corrected chi connectivity index (χ3v) is 4.71. The predicted octanol–water partition coefficient (Wildman–Crippen LogP) is 3.99.